The number of hydrogen-bond donors (Lipinski definition) is 0. The van der Waals surface area contributed by atoms with Crippen molar-refractivity contribution in [3.8, 4) is 0 Å². The average Bonchev–Trinajstić information content (AvgIpc) is 2.25. The Morgan fingerprint density at radius 1 is 0.867 bits per heavy atom. The van der Waals surface area contributed by atoms with E-state index in [2.05, 4.69) is 46.8 Å². The summed E-state index contributed by atoms with van der Waals surface area (Å²) in [6, 6.07) is 0. The van der Waals surface area contributed by atoms with Gasteiger partial charge < -0.3 is 0 Å². The molecule has 2 unspecified atom stereocenters. The van der Waals surface area contributed by atoms with Gasteiger partial charge in [-0.1, -0.05) is 66.5 Å². The molecule has 0 aromatic carbocycles. The molecule has 0 aliphatic heterocycles. The Morgan fingerprint density at radius 3 is 1.80 bits per heavy atom. The molecule has 0 N–H and O–H groups in total. The van der Waals surface area contributed by atoms with Gasteiger partial charge >= 0.3 is 0 Å². The standard InChI is InChI=1S/C13H26.C2H6/c1-6-7-8-12(4)13(5)10-9-11(2)3;1-2/h6-7,11-13H,8-10H2,1-5H3;1-2H3/b7-6-;. The fourth-order valence-electron chi connectivity index (χ4n) is 1.46. The third-order valence-electron chi connectivity index (χ3n) is 2.91. The van der Waals surface area contributed by atoms with E-state index in [1.807, 2.05) is 13.8 Å². The van der Waals surface area contributed by atoms with Gasteiger partial charge in [0, 0.05) is 0 Å². The van der Waals surface area contributed by atoms with Gasteiger partial charge in [-0.25, -0.2) is 0 Å². The second-order valence-corrected chi connectivity index (χ2v) is 4.73. The van der Waals surface area contributed by atoms with Crippen LogP contribution in [0.5, 0.6) is 0 Å². The molecule has 15 heavy (non-hydrogen) atoms. The molecule has 0 heteroatoms. The van der Waals surface area contributed by atoms with Crippen molar-refractivity contribution in [3.05, 3.63) is 12.2 Å². The molecular formula is C15H32. The van der Waals surface area contributed by atoms with Crippen LogP contribution in [0.4, 0.5) is 0 Å². The lowest BCUT2D eigenvalue weighted by Gasteiger charge is -2.19. The van der Waals surface area contributed by atoms with Gasteiger partial charge in [-0.2, -0.15) is 0 Å². The highest BCUT2D eigenvalue weighted by Crippen LogP contribution is 2.22. The molecule has 0 nitrogen and oxygen atoms in total. The van der Waals surface area contributed by atoms with Crippen LogP contribution in [0.25, 0.3) is 0 Å². The van der Waals surface area contributed by atoms with E-state index in [4.69, 9.17) is 0 Å². The van der Waals surface area contributed by atoms with Crippen LogP contribution in [0.1, 0.15) is 67.7 Å². The molecule has 0 saturated heterocycles. The molecule has 0 heterocycles. The molecule has 0 bridgehead atoms. The lowest BCUT2D eigenvalue weighted by molar-refractivity contribution is 0.339. The lowest BCUT2D eigenvalue weighted by Crippen LogP contribution is -2.08. The van der Waals surface area contributed by atoms with Gasteiger partial charge in [0.2, 0.25) is 0 Å². The zero-order chi connectivity index (χ0) is 12.3. The van der Waals surface area contributed by atoms with Crippen molar-refractivity contribution >= 4 is 0 Å². The third kappa shape index (κ3) is 11.7. The van der Waals surface area contributed by atoms with Crippen LogP contribution in [0.3, 0.4) is 0 Å². The van der Waals surface area contributed by atoms with Crippen LogP contribution >= 0.6 is 0 Å². The van der Waals surface area contributed by atoms with Gasteiger partial charge in [-0.3, -0.25) is 0 Å². The lowest BCUT2D eigenvalue weighted by atomic mass is 9.87. The molecule has 0 fully saturated rings. The summed E-state index contributed by atoms with van der Waals surface area (Å²) in [7, 11) is 0. The van der Waals surface area contributed by atoms with Crippen molar-refractivity contribution in [2.75, 3.05) is 0 Å². The Hall–Kier alpha value is -0.260. The summed E-state index contributed by atoms with van der Waals surface area (Å²) < 4.78 is 0. The van der Waals surface area contributed by atoms with Crippen molar-refractivity contribution in [1.29, 1.82) is 0 Å². The summed E-state index contributed by atoms with van der Waals surface area (Å²) >= 11 is 0. The summed E-state index contributed by atoms with van der Waals surface area (Å²) in [5, 5.41) is 0. The van der Waals surface area contributed by atoms with Crippen LogP contribution < -0.4 is 0 Å². The molecule has 0 aromatic heterocycles. The Kier molecular flexibility index (Phi) is 13.5. The molecule has 0 radical (unpaired) electrons. The quantitative estimate of drug-likeness (QED) is 0.496. The highest BCUT2D eigenvalue weighted by molar-refractivity contribution is 4.80. The average molecular weight is 212 g/mol. The number of allylic oxidation sites excluding steroid dienone is 2. The van der Waals surface area contributed by atoms with E-state index in [0.29, 0.717) is 0 Å². The zero-order valence-electron chi connectivity index (χ0n) is 12.0. The van der Waals surface area contributed by atoms with Crippen molar-refractivity contribution in [3.63, 3.8) is 0 Å². The van der Waals surface area contributed by atoms with Crippen LogP contribution in [-0.2, 0) is 0 Å². The maximum Gasteiger partial charge on any atom is -0.0322 e. The second-order valence-electron chi connectivity index (χ2n) is 4.73. The summed E-state index contributed by atoms with van der Waals surface area (Å²) in [5.41, 5.74) is 0. The monoisotopic (exact) mass is 212 g/mol. The smallest absolute Gasteiger partial charge is 0.0322 e. The van der Waals surface area contributed by atoms with Gasteiger partial charge in [0.25, 0.3) is 0 Å². The Morgan fingerprint density at radius 2 is 1.40 bits per heavy atom. The third-order valence-corrected chi connectivity index (χ3v) is 2.91. The summed E-state index contributed by atoms with van der Waals surface area (Å²) in [6.07, 6.45) is 8.45. The zero-order valence-corrected chi connectivity index (χ0v) is 12.0. The van der Waals surface area contributed by atoms with Crippen LogP contribution in [0.2, 0.25) is 0 Å². The van der Waals surface area contributed by atoms with E-state index in [-0.39, 0.29) is 0 Å². The highest BCUT2D eigenvalue weighted by Gasteiger charge is 2.10. The molecular weight excluding hydrogens is 180 g/mol. The minimum Gasteiger partial charge on any atom is -0.0917 e. The van der Waals surface area contributed by atoms with Crippen molar-refractivity contribution in [2.45, 2.75) is 67.7 Å². The Balaban J connectivity index is 0. The van der Waals surface area contributed by atoms with Crippen LogP contribution in [-0.4, -0.2) is 0 Å². The largest absolute Gasteiger partial charge is 0.0917 e. The minimum atomic E-state index is 0.843. The molecule has 0 amide bonds. The van der Waals surface area contributed by atoms with Gasteiger partial charge in [0.1, 0.15) is 0 Å². The molecule has 0 rings (SSSR count). The first-order chi connectivity index (χ1) is 7.07. The molecule has 0 aliphatic carbocycles. The van der Waals surface area contributed by atoms with E-state index in [1.165, 1.54) is 19.3 Å². The van der Waals surface area contributed by atoms with Gasteiger partial charge in [0.15, 0.2) is 0 Å². The van der Waals surface area contributed by atoms with Crippen molar-refractivity contribution in [1.82, 2.24) is 0 Å². The molecule has 0 aromatic rings. The first kappa shape index (κ1) is 17.1. The van der Waals surface area contributed by atoms with Crippen LogP contribution in [0.15, 0.2) is 12.2 Å². The van der Waals surface area contributed by atoms with Gasteiger partial charge in [-0.15, -0.1) is 0 Å². The first-order valence-corrected chi connectivity index (χ1v) is 6.69. The fraction of sp³-hybridized carbons (Fsp3) is 0.867. The van der Waals surface area contributed by atoms with Gasteiger partial charge in [0.05, 0.1) is 0 Å². The van der Waals surface area contributed by atoms with Gasteiger partial charge in [-0.05, 0) is 31.1 Å². The van der Waals surface area contributed by atoms with Crippen molar-refractivity contribution < 1.29 is 0 Å². The van der Waals surface area contributed by atoms with E-state index >= 15 is 0 Å². The fourth-order valence-corrected chi connectivity index (χ4v) is 1.46. The predicted octanol–water partition coefficient (Wildman–Crippen LogP) is 5.69. The SMILES string of the molecule is C/C=C\CC(C)C(C)CCC(C)C.CC. The second kappa shape index (κ2) is 11.8. The summed E-state index contributed by atoms with van der Waals surface area (Å²) in [6.45, 7) is 15.5. The maximum absolute atomic E-state index is 2.39. The molecule has 0 saturated carbocycles. The first-order valence-electron chi connectivity index (χ1n) is 6.69. The van der Waals surface area contributed by atoms with Crippen LogP contribution in [0, 0.1) is 17.8 Å². The van der Waals surface area contributed by atoms with E-state index < -0.39 is 0 Å². The summed E-state index contributed by atoms with van der Waals surface area (Å²) in [4.78, 5) is 0. The van der Waals surface area contributed by atoms with E-state index in [9.17, 15) is 0 Å². The molecule has 92 valence electrons. The van der Waals surface area contributed by atoms with E-state index in [0.717, 1.165) is 17.8 Å². The molecule has 0 spiro atoms. The summed E-state index contributed by atoms with van der Waals surface area (Å²) in [5.74, 6) is 2.57. The molecule has 2 atom stereocenters. The normalized spacial score (nSPS) is 14.9. The topological polar surface area (TPSA) is 0 Å². The number of hydrogen-bond acceptors (Lipinski definition) is 0. The number of rotatable bonds is 6. The van der Waals surface area contributed by atoms with E-state index in [1.54, 1.807) is 0 Å². The Bertz CT molecular complexity index is 133. The maximum atomic E-state index is 2.39. The van der Waals surface area contributed by atoms with Crippen molar-refractivity contribution in [2.24, 2.45) is 17.8 Å². The minimum absolute atomic E-state index is 0.843. The molecule has 0 aliphatic rings. The predicted molar refractivity (Wildman–Crippen MR) is 73.2 cm³/mol. The highest BCUT2D eigenvalue weighted by atomic mass is 14.2. The Labute approximate surface area is 98.2 Å².